The van der Waals surface area contributed by atoms with E-state index in [1.54, 1.807) is 0 Å². The maximum atomic E-state index is 2.52. The van der Waals surface area contributed by atoms with Gasteiger partial charge in [0.05, 0.1) is 0 Å². The average Bonchev–Trinajstić information content (AvgIpc) is 3.25. The molecule has 58 heavy (non-hydrogen) atoms. The molecule has 0 aliphatic heterocycles. The highest BCUT2D eigenvalue weighted by Gasteiger charge is 2.22. The molecule has 0 N–H and O–H groups in total. The van der Waals surface area contributed by atoms with Crippen molar-refractivity contribution in [3.05, 3.63) is 170 Å². The van der Waals surface area contributed by atoms with E-state index < -0.39 is 20.1 Å². The van der Waals surface area contributed by atoms with Crippen molar-refractivity contribution in [1.29, 1.82) is 0 Å². The van der Waals surface area contributed by atoms with Gasteiger partial charge >= 0.3 is 0 Å². The molecule has 0 radical (unpaired) electrons. The highest BCUT2D eigenvalue weighted by molar-refractivity contribution is 8.32. The van der Waals surface area contributed by atoms with Gasteiger partial charge in [0.15, 0.2) is 0 Å². The fraction of sp³-hybridized carbons (Fsp3) is 0.179. The standard InChI is InChI=1S/C52H46S2.2C2H6/c1-53(2,3)41-27-29-47-49(33-41)51(39-21-11-19-37(31-39)45-25-13-17-35-15-7-9-23-43(35)45)48-30-28-42(54(4,5)6)34-50(48)52(47)40-22-12-20-38(32-40)46-26-14-18-36-16-8-10-24-44(36)46;2*1-2/h7-34H,1-6H3;2*1-2H3. The minimum absolute atomic E-state index is 0.986. The molecule has 0 aromatic heterocycles. The lowest BCUT2D eigenvalue weighted by molar-refractivity contribution is 1.46. The van der Waals surface area contributed by atoms with Gasteiger partial charge in [0.1, 0.15) is 0 Å². The lowest BCUT2D eigenvalue weighted by Crippen LogP contribution is -1.98. The molecule has 0 spiro atoms. The molecule has 0 aliphatic rings. The molecular formula is C56H58S2. The number of hydrogen-bond donors (Lipinski definition) is 0. The molecule has 0 saturated carbocycles. The predicted molar refractivity (Wildman–Crippen MR) is 268 cm³/mol. The van der Waals surface area contributed by atoms with E-state index in [-0.39, 0.29) is 0 Å². The molecule has 0 bridgehead atoms. The van der Waals surface area contributed by atoms with Crippen molar-refractivity contribution in [3.63, 3.8) is 0 Å². The minimum atomic E-state index is -0.986. The van der Waals surface area contributed by atoms with Gasteiger partial charge in [-0.1, -0.05) is 161 Å². The third-order valence-electron chi connectivity index (χ3n) is 11.0. The summed E-state index contributed by atoms with van der Waals surface area (Å²) in [7, 11) is -1.97. The zero-order chi connectivity index (χ0) is 41.2. The first-order chi connectivity index (χ1) is 28.0. The molecule has 9 aromatic carbocycles. The molecule has 9 rings (SSSR count). The van der Waals surface area contributed by atoms with Crippen LogP contribution in [0.25, 0.3) is 87.6 Å². The lowest BCUT2D eigenvalue weighted by atomic mass is 9.84. The number of fused-ring (bicyclic) bond motifs is 4. The maximum absolute atomic E-state index is 2.52. The summed E-state index contributed by atoms with van der Waals surface area (Å²) in [5.74, 6) is 0. The van der Waals surface area contributed by atoms with Crippen LogP contribution in [0.5, 0.6) is 0 Å². The van der Waals surface area contributed by atoms with Gasteiger partial charge in [-0.25, -0.2) is 20.1 Å². The summed E-state index contributed by atoms with van der Waals surface area (Å²) in [6.07, 6.45) is 14.4. The molecule has 0 atom stereocenters. The van der Waals surface area contributed by atoms with Crippen molar-refractivity contribution in [3.8, 4) is 44.5 Å². The third-order valence-corrected chi connectivity index (χ3v) is 14.3. The van der Waals surface area contributed by atoms with E-state index in [0.29, 0.717) is 0 Å². The van der Waals surface area contributed by atoms with Crippen molar-refractivity contribution in [2.75, 3.05) is 37.5 Å². The van der Waals surface area contributed by atoms with Crippen LogP contribution in [0.3, 0.4) is 0 Å². The van der Waals surface area contributed by atoms with Crippen LogP contribution < -0.4 is 0 Å². The van der Waals surface area contributed by atoms with E-state index in [0.717, 1.165) is 0 Å². The first-order valence-corrected chi connectivity index (χ1v) is 26.3. The molecule has 0 saturated heterocycles. The lowest BCUT2D eigenvalue weighted by Gasteiger charge is -2.29. The number of benzene rings is 9. The Balaban J connectivity index is 0.00000124. The van der Waals surface area contributed by atoms with Crippen molar-refractivity contribution < 1.29 is 0 Å². The summed E-state index contributed by atoms with van der Waals surface area (Å²) < 4.78 is 0. The van der Waals surface area contributed by atoms with Crippen molar-refractivity contribution in [2.45, 2.75) is 37.5 Å². The normalized spacial score (nSPS) is 12.2. The molecule has 0 amide bonds. The molecular weight excluding hydrogens is 737 g/mol. The van der Waals surface area contributed by atoms with Crippen LogP contribution in [0.1, 0.15) is 27.7 Å². The van der Waals surface area contributed by atoms with Crippen LogP contribution in [0, 0.1) is 0 Å². The number of hydrogen-bond acceptors (Lipinski definition) is 0. The van der Waals surface area contributed by atoms with E-state index in [9.17, 15) is 0 Å². The molecule has 0 heterocycles. The second-order valence-electron chi connectivity index (χ2n) is 16.1. The highest BCUT2D eigenvalue weighted by Crippen LogP contribution is 2.53. The van der Waals surface area contributed by atoms with Gasteiger partial charge in [-0.05, 0) is 171 Å². The van der Waals surface area contributed by atoms with E-state index >= 15 is 0 Å². The average molecular weight is 795 g/mol. The second kappa shape index (κ2) is 16.9. The molecule has 2 heteroatoms. The summed E-state index contributed by atoms with van der Waals surface area (Å²) in [5.41, 5.74) is 10.2. The van der Waals surface area contributed by atoms with E-state index in [1.165, 1.54) is 97.4 Å². The van der Waals surface area contributed by atoms with Gasteiger partial charge in [0, 0.05) is 0 Å². The van der Waals surface area contributed by atoms with Crippen LogP contribution >= 0.6 is 20.1 Å². The Hall–Kier alpha value is -5.28. The van der Waals surface area contributed by atoms with E-state index in [2.05, 4.69) is 207 Å². The van der Waals surface area contributed by atoms with Gasteiger partial charge in [0.25, 0.3) is 0 Å². The smallest absolute Gasteiger partial charge is 0.00257 e. The molecule has 0 aliphatic carbocycles. The Morgan fingerprint density at radius 2 is 0.621 bits per heavy atom. The molecule has 0 nitrogen and oxygen atoms in total. The molecule has 0 fully saturated rings. The van der Waals surface area contributed by atoms with Gasteiger partial charge < -0.3 is 0 Å². The second-order valence-corrected chi connectivity index (χ2v) is 24.3. The SMILES string of the molecule is CC.CC.CS(C)(C)c1ccc2c(-c3cccc(-c4cccc5ccccc45)c3)c3cc(S(C)(C)C)ccc3c(-c3cccc(-c4cccc5ccccc45)c3)c2c1. The quantitative estimate of drug-likeness (QED) is 0.147. The Labute approximate surface area is 350 Å². The van der Waals surface area contributed by atoms with E-state index in [4.69, 9.17) is 0 Å². The zero-order valence-corrected chi connectivity index (χ0v) is 37.6. The maximum Gasteiger partial charge on any atom is -0.00257 e. The van der Waals surface area contributed by atoms with Crippen LogP contribution in [0.2, 0.25) is 0 Å². The highest BCUT2D eigenvalue weighted by atomic mass is 32.3. The Kier molecular flexibility index (Phi) is 11.9. The largest absolute Gasteiger partial charge is 0.223 e. The van der Waals surface area contributed by atoms with Crippen molar-refractivity contribution in [2.24, 2.45) is 0 Å². The summed E-state index contributed by atoms with van der Waals surface area (Å²) in [6.45, 7) is 8.00. The first-order valence-electron chi connectivity index (χ1n) is 20.6. The summed E-state index contributed by atoms with van der Waals surface area (Å²) in [4.78, 5) is 2.85. The Bertz CT molecular complexity index is 2690. The first kappa shape index (κ1) is 40.9. The predicted octanol–water partition coefficient (Wildman–Crippen LogP) is 17.1. The minimum Gasteiger partial charge on any atom is -0.223 e. The third kappa shape index (κ3) is 7.81. The summed E-state index contributed by atoms with van der Waals surface area (Å²) in [6, 6.07) is 64.0. The van der Waals surface area contributed by atoms with Crippen LogP contribution in [-0.4, -0.2) is 37.5 Å². The fourth-order valence-corrected chi connectivity index (χ4v) is 10.1. The van der Waals surface area contributed by atoms with Crippen LogP contribution in [0.15, 0.2) is 180 Å². The van der Waals surface area contributed by atoms with Crippen molar-refractivity contribution in [1.82, 2.24) is 0 Å². The fourth-order valence-electron chi connectivity index (χ4n) is 8.21. The molecule has 294 valence electrons. The van der Waals surface area contributed by atoms with Gasteiger partial charge in [-0.15, -0.1) is 0 Å². The Morgan fingerprint density at radius 1 is 0.276 bits per heavy atom. The molecule has 9 aromatic rings. The van der Waals surface area contributed by atoms with Gasteiger partial charge in [-0.3, -0.25) is 0 Å². The van der Waals surface area contributed by atoms with Crippen LogP contribution in [0.4, 0.5) is 0 Å². The van der Waals surface area contributed by atoms with Gasteiger partial charge in [0.2, 0.25) is 0 Å². The topological polar surface area (TPSA) is 0 Å². The monoisotopic (exact) mass is 794 g/mol. The van der Waals surface area contributed by atoms with Gasteiger partial charge in [-0.2, -0.15) is 0 Å². The van der Waals surface area contributed by atoms with E-state index in [1.807, 2.05) is 27.7 Å². The Morgan fingerprint density at radius 3 is 1.02 bits per heavy atom. The van der Waals surface area contributed by atoms with Crippen LogP contribution in [-0.2, 0) is 0 Å². The number of rotatable bonds is 6. The van der Waals surface area contributed by atoms with Crippen molar-refractivity contribution >= 4 is 63.1 Å². The summed E-state index contributed by atoms with van der Waals surface area (Å²) >= 11 is 0. The molecule has 0 unspecified atom stereocenters. The summed E-state index contributed by atoms with van der Waals surface area (Å²) in [5, 5.41) is 10.3. The zero-order valence-electron chi connectivity index (χ0n) is 36.0.